The van der Waals surface area contributed by atoms with Crippen LogP contribution < -0.4 is 11.1 Å². The van der Waals surface area contributed by atoms with Gasteiger partial charge in [0.2, 0.25) is 5.91 Å². The van der Waals surface area contributed by atoms with Crippen LogP contribution in [0.2, 0.25) is 0 Å². The molecule has 0 fully saturated rings. The van der Waals surface area contributed by atoms with Crippen molar-refractivity contribution in [3.05, 3.63) is 53.6 Å². The molecule has 7 heteroatoms. The van der Waals surface area contributed by atoms with Gasteiger partial charge in [-0.3, -0.25) is 4.79 Å². The summed E-state index contributed by atoms with van der Waals surface area (Å²) in [6.07, 6.45) is -4.63. The first-order valence-corrected chi connectivity index (χ1v) is 6.30. The number of anilines is 2. The van der Waals surface area contributed by atoms with E-state index < -0.39 is 17.6 Å². The molecule has 0 aromatic heterocycles. The Labute approximate surface area is 124 Å². The van der Waals surface area contributed by atoms with Gasteiger partial charge < -0.3 is 16.2 Å². The summed E-state index contributed by atoms with van der Waals surface area (Å²) < 4.78 is 37.8. The van der Waals surface area contributed by atoms with Crippen LogP contribution in [0.15, 0.2) is 42.5 Å². The number of carbonyl (C=O) groups excluding carboxylic acids is 1. The van der Waals surface area contributed by atoms with Crippen molar-refractivity contribution in [2.75, 3.05) is 11.1 Å². The summed E-state index contributed by atoms with van der Waals surface area (Å²) in [6.45, 7) is 0. The summed E-state index contributed by atoms with van der Waals surface area (Å²) in [5.74, 6) is -0.576. The molecule has 0 saturated carbocycles. The molecule has 0 heterocycles. The van der Waals surface area contributed by atoms with Crippen molar-refractivity contribution in [3.63, 3.8) is 0 Å². The average Bonchev–Trinajstić information content (AvgIpc) is 2.42. The van der Waals surface area contributed by atoms with Gasteiger partial charge in [0.05, 0.1) is 12.0 Å². The number of halogens is 3. The van der Waals surface area contributed by atoms with Crippen LogP contribution in [0.5, 0.6) is 5.75 Å². The summed E-state index contributed by atoms with van der Waals surface area (Å²) in [5, 5.41) is 11.7. The second-order valence-corrected chi connectivity index (χ2v) is 4.69. The normalized spacial score (nSPS) is 11.2. The van der Waals surface area contributed by atoms with Crippen molar-refractivity contribution in [3.8, 4) is 5.75 Å². The van der Waals surface area contributed by atoms with Crippen LogP contribution in [-0.4, -0.2) is 11.0 Å². The molecule has 22 heavy (non-hydrogen) atoms. The number of benzene rings is 2. The van der Waals surface area contributed by atoms with E-state index in [2.05, 4.69) is 5.32 Å². The Hall–Kier alpha value is -2.70. The van der Waals surface area contributed by atoms with Gasteiger partial charge in [-0.1, -0.05) is 6.07 Å². The number of alkyl halides is 3. The van der Waals surface area contributed by atoms with Gasteiger partial charge in [-0.2, -0.15) is 13.2 Å². The van der Waals surface area contributed by atoms with Crippen LogP contribution in [0.4, 0.5) is 24.5 Å². The first-order chi connectivity index (χ1) is 10.3. The molecule has 116 valence electrons. The Morgan fingerprint density at radius 2 is 1.91 bits per heavy atom. The third-order valence-corrected chi connectivity index (χ3v) is 2.95. The summed E-state index contributed by atoms with van der Waals surface area (Å²) in [6, 6.07) is 8.50. The van der Waals surface area contributed by atoms with Crippen LogP contribution >= 0.6 is 0 Å². The lowest BCUT2D eigenvalue weighted by molar-refractivity contribution is -0.137. The van der Waals surface area contributed by atoms with E-state index in [9.17, 15) is 23.1 Å². The number of carbonyl (C=O) groups is 1. The zero-order valence-electron chi connectivity index (χ0n) is 11.3. The number of nitrogens with two attached hydrogens (primary N) is 1. The number of amides is 1. The van der Waals surface area contributed by atoms with E-state index in [0.717, 1.165) is 12.1 Å². The Balaban J connectivity index is 2.11. The van der Waals surface area contributed by atoms with Crippen molar-refractivity contribution >= 4 is 17.3 Å². The highest BCUT2D eigenvalue weighted by molar-refractivity contribution is 5.93. The average molecular weight is 310 g/mol. The molecular formula is C15H13F3N2O2. The number of phenols is 1. The molecule has 0 bridgehead atoms. The van der Waals surface area contributed by atoms with Crippen LogP contribution in [0, 0.1) is 0 Å². The molecule has 0 aliphatic rings. The summed E-state index contributed by atoms with van der Waals surface area (Å²) in [5.41, 5.74) is 5.58. The molecule has 2 aromatic carbocycles. The van der Waals surface area contributed by atoms with Gasteiger partial charge in [0.1, 0.15) is 5.75 Å². The molecule has 1 amide bonds. The summed E-state index contributed by atoms with van der Waals surface area (Å²) in [7, 11) is 0. The summed E-state index contributed by atoms with van der Waals surface area (Å²) in [4.78, 5) is 11.9. The molecule has 0 spiro atoms. The molecule has 4 nitrogen and oxygen atoms in total. The number of nitrogens with one attached hydrogen (secondary N) is 1. The van der Waals surface area contributed by atoms with E-state index in [1.54, 1.807) is 0 Å². The van der Waals surface area contributed by atoms with E-state index in [0.29, 0.717) is 11.3 Å². The van der Waals surface area contributed by atoms with Crippen LogP contribution in [-0.2, 0) is 17.4 Å². The number of hydrogen-bond donors (Lipinski definition) is 3. The first-order valence-electron chi connectivity index (χ1n) is 6.30. The highest BCUT2D eigenvalue weighted by atomic mass is 19.4. The minimum Gasteiger partial charge on any atom is -0.508 e. The van der Waals surface area contributed by atoms with Gasteiger partial charge in [0.25, 0.3) is 0 Å². The maximum Gasteiger partial charge on any atom is 0.416 e. The van der Waals surface area contributed by atoms with Crippen molar-refractivity contribution in [2.24, 2.45) is 0 Å². The van der Waals surface area contributed by atoms with Crippen LogP contribution in [0.25, 0.3) is 0 Å². The predicted octanol–water partition coefficient (Wildman–Crippen LogP) is 3.17. The Kier molecular flexibility index (Phi) is 4.25. The monoisotopic (exact) mass is 310 g/mol. The maximum atomic E-state index is 12.6. The zero-order chi connectivity index (χ0) is 16.3. The van der Waals surface area contributed by atoms with Crippen molar-refractivity contribution < 1.29 is 23.1 Å². The van der Waals surface area contributed by atoms with Gasteiger partial charge >= 0.3 is 6.18 Å². The lowest BCUT2D eigenvalue weighted by atomic mass is 10.1. The first kappa shape index (κ1) is 15.7. The largest absolute Gasteiger partial charge is 0.508 e. The van der Waals surface area contributed by atoms with Crippen LogP contribution in [0.3, 0.4) is 0 Å². The number of phenolic OH excluding ortho intramolecular Hbond substituents is 1. The fourth-order valence-electron chi connectivity index (χ4n) is 1.90. The number of aromatic hydroxyl groups is 1. The fourth-order valence-corrected chi connectivity index (χ4v) is 1.90. The molecule has 0 saturated heterocycles. The van der Waals surface area contributed by atoms with E-state index >= 15 is 0 Å². The van der Waals surface area contributed by atoms with Gasteiger partial charge in [-0.25, -0.2) is 0 Å². The molecular weight excluding hydrogens is 297 g/mol. The number of rotatable bonds is 3. The number of nitrogen functional groups attached to an aromatic ring is 1. The molecule has 0 radical (unpaired) electrons. The van der Waals surface area contributed by atoms with Crippen molar-refractivity contribution in [1.82, 2.24) is 0 Å². The van der Waals surface area contributed by atoms with Crippen molar-refractivity contribution in [1.29, 1.82) is 0 Å². The molecule has 0 atom stereocenters. The number of hydrogen-bond acceptors (Lipinski definition) is 3. The van der Waals surface area contributed by atoms with E-state index in [4.69, 9.17) is 5.73 Å². The zero-order valence-corrected chi connectivity index (χ0v) is 11.3. The second-order valence-electron chi connectivity index (χ2n) is 4.69. The third-order valence-electron chi connectivity index (χ3n) is 2.95. The lowest BCUT2D eigenvalue weighted by Gasteiger charge is -2.10. The molecule has 2 rings (SSSR count). The van der Waals surface area contributed by atoms with E-state index in [1.807, 2.05) is 0 Å². The summed E-state index contributed by atoms with van der Waals surface area (Å²) >= 11 is 0. The Bertz CT molecular complexity index is 699. The van der Waals surface area contributed by atoms with E-state index in [-0.39, 0.29) is 17.9 Å². The maximum absolute atomic E-state index is 12.6. The molecule has 0 aliphatic carbocycles. The van der Waals surface area contributed by atoms with Gasteiger partial charge in [-0.05, 0) is 42.0 Å². The molecule has 2 aromatic rings. The Morgan fingerprint density at radius 1 is 1.18 bits per heavy atom. The SMILES string of the molecule is Nc1ccc(O)cc1CC(=O)Nc1cccc(C(F)(F)F)c1. The highest BCUT2D eigenvalue weighted by Gasteiger charge is 2.30. The quantitative estimate of drug-likeness (QED) is 0.602. The van der Waals surface area contributed by atoms with Gasteiger partial charge in [0, 0.05) is 11.4 Å². The Morgan fingerprint density at radius 3 is 2.59 bits per heavy atom. The van der Waals surface area contributed by atoms with Gasteiger partial charge in [0.15, 0.2) is 0 Å². The second kappa shape index (κ2) is 5.97. The highest BCUT2D eigenvalue weighted by Crippen LogP contribution is 2.30. The fraction of sp³-hybridized carbons (Fsp3) is 0.133. The van der Waals surface area contributed by atoms with Crippen LogP contribution in [0.1, 0.15) is 11.1 Å². The lowest BCUT2D eigenvalue weighted by Crippen LogP contribution is -2.16. The van der Waals surface area contributed by atoms with Gasteiger partial charge in [-0.15, -0.1) is 0 Å². The molecule has 4 N–H and O–H groups in total. The smallest absolute Gasteiger partial charge is 0.416 e. The minimum absolute atomic E-state index is 0.0403. The molecule has 0 aliphatic heterocycles. The minimum atomic E-state index is -4.48. The van der Waals surface area contributed by atoms with Crippen molar-refractivity contribution in [2.45, 2.75) is 12.6 Å². The van der Waals surface area contributed by atoms with E-state index in [1.165, 1.54) is 30.3 Å². The standard InChI is InChI=1S/C15H13F3N2O2/c16-15(17,18)10-2-1-3-11(8-10)20-14(22)7-9-6-12(21)4-5-13(9)19/h1-6,8,21H,7,19H2,(H,20,22). The molecule has 0 unspecified atom stereocenters. The third kappa shape index (κ3) is 3.91. The predicted molar refractivity (Wildman–Crippen MR) is 76.3 cm³/mol. The topological polar surface area (TPSA) is 75.3 Å².